The van der Waals surface area contributed by atoms with Crippen molar-refractivity contribution in [3.63, 3.8) is 0 Å². The SMILES string of the molecule is C=CCN(C)C(=O)c1sc2cnccc2c1N. The molecule has 2 rings (SSSR count). The van der Waals surface area contributed by atoms with Crippen LogP contribution in [0, 0.1) is 0 Å². The molecule has 2 heterocycles. The lowest BCUT2D eigenvalue weighted by Crippen LogP contribution is -2.26. The maximum Gasteiger partial charge on any atom is 0.266 e. The van der Waals surface area contributed by atoms with Gasteiger partial charge in [0, 0.05) is 31.4 Å². The van der Waals surface area contributed by atoms with Crippen molar-refractivity contribution in [3.05, 3.63) is 36.0 Å². The fraction of sp³-hybridized carbons (Fsp3) is 0.167. The highest BCUT2D eigenvalue weighted by molar-refractivity contribution is 7.21. The Balaban J connectivity index is 2.45. The van der Waals surface area contributed by atoms with Gasteiger partial charge in [0.25, 0.3) is 5.91 Å². The summed E-state index contributed by atoms with van der Waals surface area (Å²) in [7, 11) is 1.73. The van der Waals surface area contributed by atoms with Crippen molar-refractivity contribution >= 4 is 33.0 Å². The first-order valence-electron chi connectivity index (χ1n) is 5.13. The van der Waals surface area contributed by atoms with E-state index in [9.17, 15) is 4.79 Å². The Morgan fingerprint density at radius 3 is 3.12 bits per heavy atom. The third kappa shape index (κ3) is 2.01. The fourth-order valence-electron chi connectivity index (χ4n) is 1.58. The number of nitrogens with zero attached hydrogens (tertiary/aromatic N) is 2. The normalized spacial score (nSPS) is 10.4. The van der Waals surface area contributed by atoms with Gasteiger partial charge in [-0.1, -0.05) is 6.08 Å². The number of nitrogens with two attached hydrogens (primary N) is 1. The zero-order chi connectivity index (χ0) is 12.4. The van der Waals surface area contributed by atoms with Crippen LogP contribution in [-0.2, 0) is 0 Å². The topological polar surface area (TPSA) is 59.2 Å². The highest BCUT2D eigenvalue weighted by Gasteiger charge is 2.18. The molecule has 0 unspecified atom stereocenters. The van der Waals surface area contributed by atoms with Gasteiger partial charge < -0.3 is 10.6 Å². The molecule has 0 aromatic carbocycles. The van der Waals surface area contributed by atoms with E-state index in [0.29, 0.717) is 17.1 Å². The molecular weight excluding hydrogens is 234 g/mol. The Hall–Kier alpha value is -1.88. The van der Waals surface area contributed by atoms with Crippen LogP contribution < -0.4 is 5.73 Å². The van der Waals surface area contributed by atoms with E-state index in [-0.39, 0.29) is 5.91 Å². The van der Waals surface area contributed by atoms with Crippen molar-refractivity contribution in [1.29, 1.82) is 0 Å². The quantitative estimate of drug-likeness (QED) is 0.845. The second-order valence-corrected chi connectivity index (χ2v) is 4.74. The minimum atomic E-state index is -0.0800. The predicted molar refractivity (Wildman–Crippen MR) is 71.2 cm³/mol. The van der Waals surface area contributed by atoms with Crippen molar-refractivity contribution < 1.29 is 4.79 Å². The monoisotopic (exact) mass is 247 g/mol. The van der Waals surface area contributed by atoms with Gasteiger partial charge >= 0.3 is 0 Å². The third-order valence-corrected chi connectivity index (χ3v) is 3.62. The standard InChI is InChI=1S/C12H13N3OS/c1-3-6-15(2)12(16)11-10(13)8-4-5-14-7-9(8)17-11/h3-5,7H,1,6,13H2,2H3. The zero-order valence-electron chi connectivity index (χ0n) is 9.51. The highest BCUT2D eigenvalue weighted by Crippen LogP contribution is 2.33. The van der Waals surface area contributed by atoms with Crippen molar-refractivity contribution in [2.75, 3.05) is 19.3 Å². The van der Waals surface area contributed by atoms with Gasteiger partial charge in [0.1, 0.15) is 4.88 Å². The molecule has 0 spiro atoms. The van der Waals surface area contributed by atoms with Crippen LogP contribution in [0.25, 0.3) is 10.1 Å². The van der Waals surface area contributed by atoms with E-state index < -0.39 is 0 Å². The lowest BCUT2D eigenvalue weighted by molar-refractivity contribution is 0.0816. The van der Waals surface area contributed by atoms with E-state index in [4.69, 9.17) is 5.73 Å². The maximum atomic E-state index is 12.1. The molecule has 0 aliphatic carbocycles. The molecule has 1 amide bonds. The van der Waals surface area contributed by atoms with E-state index in [1.807, 2.05) is 6.07 Å². The number of carbonyl (C=O) groups is 1. The van der Waals surface area contributed by atoms with Crippen LogP contribution in [0.1, 0.15) is 9.67 Å². The van der Waals surface area contributed by atoms with Crippen LogP contribution in [0.15, 0.2) is 31.1 Å². The predicted octanol–water partition coefficient (Wildman–Crippen LogP) is 2.14. The number of anilines is 1. The number of thiophene rings is 1. The molecule has 2 N–H and O–H groups in total. The molecule has 0 fully saturated rings. The summed E-state index contributed by atoms with van der Waals surface area (Å²) < 4.78 is 0.931. The number of hydrogen-bond donors (Lipinski definition) is 1. The number of fused-ring (bicyclic) bond motifs is 1. The average Bonchev–Trinajstić information content (AvgIpc) is 2.67. The first kappa shape index (κ1) is 11.6. The Morgan fingerprint density at radius 1 is 1.71 bits per heavy atom. The van der Waals surface area contributed by atoms with Crippen molar-refractivity contribution in [1.82, 2.24) is 9.88 Å². The largest absolute Gasteiger partial charge is 0.397 e. The number of rotatable bonds is 3. The van der Waals surface area contributed by atoms with Gasteiger partial charge in [-0.3, -0.25) is 9.78 Å². The first-order valence-corrected chi connectivity index (χ1v) is 5.95. The highest BCUT2D eigenvalue weighted by atomic mass is 32.1. The summed E-state index contributed by atoms with van der Waals surface area (Å²) in [6.07, 6.45) is 5.08. The molecular formula is C12H13N3OS. The second kappa shape index (κ2) is 4.55. The van der Waals surface area contributed by atoms with E-state index in [1.165, 1.54) is 11.3 Å². The Labute approximate surface area is 103 Å². The molecule has 0 aliphatic heterocycles. The summed E-state index contributed by atoms with van der Waals surface area (Å²) in [6, 6.07) is 1.82. The minimum Gasteiger partial charge on any atom is -0.397 e. The Kier molecular flexibility index (Phi) is 3.10. The number of nitrogen functional groups attached to an aromatic ring is 1. The van der Waals surface area contributed by atoms with Gasteiger partial charge in [-0.05, 0) is 6.07 Å². The summed E-state index contributed by atoms with van der Waals surface area (Å²) in [6.45, 7) is 4.11. The number of amides is 1. The molecule has 2 aromatic rings. The minimum absolute atomic E-state index is 0.0800. The number of hydrogen-bond acceptors (Lipinski definition) is 4. The molecule has 88 valence electrons. The number of carbonyl (C=O) groups excluding carboxylic acids is 1. The van der Waals surface area contributed by atoms with E-state index in [1.54, 1.807) is 30.4 Å². The number of aromatic nitrogens is 1. The smallest absolute Gasteiger partial charge is 0.266 e. The Bertz CT molecular complexity index is 576. The van der Waals surface area contributed by atoms with Gasteiger partial charge in [0.15, 0.2) is 0 Å². The molecule has 17 heavy (non-hydrogen) atoms. The van der Waals surface area contributed by atoms with Crippen molar-refractivity contribution in [2.24, 2.45) is 0 Å². The molecule has 5 heteroatoms. The number of pyridine rings is 1. The molecule has 0 saturated heterocycles. The molecule has 0 aliphatic rings. The maximum absolute atomic E-state index is 12.1. The number of likely N-dealkylation sites (N-methyl/N-ethyl adjacent to an activating group) is 1. The van der Waals surface area contributed by atoms with Crippen LogP contribution in [0.2, 0.25) is 0 Å². The third-order valence-electron chi connectivity index (χ3n) is 2.48. The first-order chi connectivity index (χ1) is 8.15. The van der Waals surface area contributed by atoms with Gasteiger partial charge in [-0.2, -0.15) is 0 Å². The second-order valence-electron chi connectivity index (χ2n) is 3.69. The molecule has 0 atom stereocenters. The summed E-state index contributed by atoms with van der Waals surface area (Å²) in [5.41, 5.74) is 6.52. The van der Waals surface area contributed by atoms with Crippen LogP contribution in [-0.4, -0.2) is 29.4 Å². The Morgan fingerprint density at radius 2 is 2.47 bits per heavy atom. The van der Waals surface area contributed by atoms with Gasteiger partial charge in [0.05, 0.1) is 10.4 Å². The molecule has 2 aromatic heterocycles. The van der Waals surface area contributed by atoms with Crippen LogP contribution in [0.4, 0.5) is 5.69 Å². The molecule has 0 bridgehead atoms. The lowest BCUT2D eigenvalue weighted by Gasteiger charge is -2.13. The van der Waals surface area contributed by atoms with E-state index in [0.717, 1.165) is 10.1 Å². The lowest BCUT2D eigenvalue weighted by atomic mass is 10.2. The molecule has 0 radical (unpaired) electrons. The summed E-state index contributed by atoms with van der Waals surface area (Å²) in [4.78, 5) is 18.3. The average molecular weight is 247 g/mol. The van der Waals surface area contributed by atoms with E-state index >= 15 is 0 Å². The summed E-state index contributed by atoms with van der Waals surface area (Å²) >= 11 is 1.37. The summed E-state index contributed by atoms with van der Waals surface area (Å²) in [5.74, 6) is -0.0800. The van der Waals surface area contributed by atoms with Crippen LogP contribution >= 0.6 is 11.3 Å². The molecule has 4 nitrogen and oxygen atoms in total. The van der Waals surface area contributed by atoms with Gasteiger partial charge in [0.2, 0.25) is 0 Å². The van der Waals surface area contributed by atoms with E-state index in [2.05, 4.69) is 11.6 Å². The van der Waals surface area contributed by atoms with Crippen molar-refractivity contribution in [3.8, 4) is 0 Å². The zero-order valence-corrected chi connectivity index (χ0v) is 10.3. The van der Waals surface area contributed by atoms with Gasteiger partial charge in [-0.25, -0.2) is 0 Å². The summed E-state index contributed by atoms with van der Waals surface area (Å²) in [5, 5.41) is 0.889. The van der Waals surface area contributed by atoms with Crippen LogP contribution in [0.5, 0.6) is 0 Å². The fourth-order valence-corrected chi connectivity index (χ4v) is 2.66. The van der Waals surface area contributed by atoms with Crippen LogP contribution in [0.3, 0.4) is 0 Å². The van der Waals surface area contributed by atoms with Crippen molar-refractivity contribution in [2.45, 2.75) is 0 Å². The van der Waals surface area contributed by atoms with Gasteiger partial charge in [-0.15, -0.1) is 17.9 Å². The molecule has 0 saturated carbocycles.